The van der Waals surface area contributed by atoms with Crippen molar-refractivity contribution in [2.75, 3.05) is 24.0 Å². The fourth-order valence-electron chi connectivity index (χ4n) is 2.52. The van der Waals surface area contributed by atoms with Crippen LogP contribution in [0.25, 0.3) is 0 Å². The van der Waals surface area contributed by atoms with Crippen LogP contribution in [0.4, 0.5) is 17.1 Å². The maximum Gasteiger partial charge on any atom is 0.282 e. The minimum absolute atomic E-state index is 0.157. The predicted octanol–water partition coefficient (Wildman–Crippen LogP) is 2.70. The van der Waals surface area contributed by atoms with Gasteiger partial charge in [-0.05, 0) is 36.4 Å². The van der Waals surface area contributed by atoms with Crippen LogP contribution in [0, 0.1) is 0 Å². The average Bonchev–Trinajstić information content (AvgIpc) is 2.96. The van der Waals surface area contributed by atoms with Crippen molar-refractivity contribution in [3.8, 4) is 0 Å². The lowest BCUT2D eigenvalue weighted by Gasteiger charge is -2.12. The van der Waals surface area contributed by atoms with Gasteiger partial charge in [-0.3, -0.25) is 9.59 Å². The van der Waals surface area contributed by atoms with Crippen molar-refractivity contribution in [2.45, 2.75) is 13.0 Å². The molecule has 3 rings (SSSR count). The highest BCUT2D eigenvalue weighted by Gasteiger charge is 2.37. The van der Waals surface area contributed by atoms with Crippen LogP contribution in [0.15, 0.2) is 69.9 Å². The lowest BCUT2D eigenvalue weighted by molar-refractivity contribution is -0.117. The number of carbonyl (C=O) groups is 2. The summed E-state index contributed by atoms with van der Waals surface area (Å²) in [6.45, 7) is 1.35. The third kappa shape index (κ3) is 4.17. The van der Waals surface area contributed by atoms with E-state index in [-0.39, 0.29) is 17.6 Å². The molecule has 1 aliphatic heterocycles. The van der Waals surface area contributed by atoms with Crippen LogP contribution in [-0.2, 0) is 9.59 Å². The van der Waals surface area contributed by atoms with E-state index in [2.05, 4.69) is 20.6 Å². The number of amidine groups is 1. The van der Waals surface area contributed by atoms with Crippen LogP contribution in [0.5, 0.6) is 0 Å². The second-order valence-electron chi connectivity index (χ2n) is 6.18. The number of hydrogen-bond acceptors (Lipinski definition) is 6. The number of carbonyl (C=O) groups excluding carboxylic acids is 2. The van der Waals surface area contributed by atoms with Crippen molar-refractivity contribution in [3.63, 3.8) is 0 Å². The number of amides is 2. The molecule has 0 saturated carbocycles. The molecule has 8 nitrogen and oxygen atoms in total. The number of hydrazone groups is 1. The highest BCUT2D eigenvalue weighted by atomic mass is 16.2. The third-order valence-corrected chi connectivity index (χ3v) is 3.87. The summed E-state index contributed by atoms with van der Waals surface area (Å²) in [5, 5.41) is 16.3. The average molecular weight is 364 g/mol. The van der Waals surface area contributed by atoms with Crippen LogP contribution in [0.3, 0.4) is 0 Å². The summed E-state index contributed by atoms with van der Waals surface area (Å²) in [6, 6.07) is 15.4. The van der Waals surface area contributed by atoms with E-state index in [9.17, 15) is 9.59 Å². The molecule has 0 unspecified atom stereocenters. The van der Waals surface area contributed by atoms with Gasteiger partial charge in [0.2, 0.25) is 11.9 Å². The van der Waals surface area contributed by atoms with E-state index in [1.54, 1.807) is 24.3 Å². The molecule has 1 atom stereocenters. The molecule has 0 radical (unpaired) electrons. The van der Waals surface area contributed by atoms with Gasteiger partial charge in [0.1, 0.15) is 0 Å². The van der Waals surface area contributed by atoms with Gasteiger partial charge in [0.05, 0.1) is 11.4 Å². The van der Waals surface area contributed by atoms with Crippen LogP contribution < -0.4 is 15.2 Å². The Balaban J connectivity index is 1.85. The number of benzene rings is 2. The fraction of sp³-hybridized carbons (Fsp3) is 0.211. The molecular formula is C19H20N6O2. The summed E-state index contributed by atoms with van der Waals surface area (Å²) in [7, 11) is 3.89. The van der Waals surface area contributed by atoms with Gasteiger partial charge < -0.3 is 10.2 Å². The van der Waals surface area contributed by atoms with Gasteiger partial charge in [-0.2, -0.15) is 15.2 Å². The molecule has 0 aromatic heterocycles. The standard InChI is InChI=1S/C19H20N6O2/c1-13(26)20-18-17(19(27)25(23-18)16-7-5-4-6-8-16)22-21-14-9-11-15(12-10-14)24(2)3/h4-12,17H,1-3H3,(H,20,23,26)/t17-/m1/s1. The smallest absolute Gasteiger partial charge is 0.282 e. The highest BCUT2D eigenvalue weighted by molar-refractivity contribution is 6.21. The number of nitrogens with one attached hydrogen (secondary N) is 1. The molecule has 0 fully saturated rings. The summed E-state index contributed by atoms with van der Waals surface area (Å²) >= 11 is 0. The summed E-state index contributed by atoms with van der Waals surface area (Å²) in [5.74, 6) is -0.546. The molecule has 27 heavy (non-hydrogen) atoms. The number of para-hydroxylation sites is 1. The molecule has 0 bridgehead atoms. The van der Waals surface area contributed by atoms with E-state index >= 15 is 0 Å². The first-order chi connectivity index (χ1) is 13.0. The van der Waals surface area contributed by atoms with Gasteiger partial charge >= 0.3 is 0 Å². The van der Waals surface area contributed by atoms with Crippen molar-refractivity contribution in [1.29, 1.82) is 0 Å². The zero-order chi connectivity index (χ0) is 19.4. The van der Waals surface area contributed by atoms with Gasteiger partial charge in [-0.15, -0.1) is 5.10 Å². The molecule has 2 aromatic rings. The fourth-order valence-corrected chi connectivity index (χ4v) is 2.52. The highest BCUT2D eigenvalue weighted by Crippen LogP contribution is 2.23. The van der Waals surface area contributed by atoms with E-state index in [4.69, 9.17) is 0 Å². The van der Waals surface area contributed by atoms with Gasteiger partial charge in [0.15, 0.2) is 5.84 Å². The van der Waals surface area contributed by atoms with Crippen molar-refractivity contribution in [1.82, 2.24) is 5.32 Å². The quantitative estimate of drug-likeness (QED) is 0.846. The zero-order valence-electron chi connectivity index (χ0n) is 15.3. The normalized spacial score (nSPS) is 16.6. The van der Waals surface area contributed by atoms with Crippen LogP contribution >= 0.6 is 0 Å². The van der Waals surface area contributed by atoms with E-state index in [1.165, 1.54) is 11.9 Å². The molecule has 1 heterocycles. The maximum atomic E-state index is 12.8. The second kappa shape index (κ2) is 7.77. The maximum absolute atomic E-state index is 12.8. The number of azo groups is 1. The lowest BCUT2D eigenvalue weighted by atomic mass is 10.2. The van der Waals surface area contributed by atoms with Crippen molar-refractivity contribution < 1.29 is 9.59 Å². The largest absolute Gasteiger partial charge is 0.378 e. The Bertz CT molecular complexity index is 890. The van der Waals surface area contributed by atoms with Gasteiger partial charge in [0, 0.05) is 26.7 Å². The number of nitrogens with zero attached hydrogens (tertiary/aromatic N) is 5. The Labute approximate surface area is 157 Å². The summed E-state index contributed by atoms with van der Waals surface area (Å²) in [6.07, 6.45) is 0. The monoisotopic (exact) mass is 364 g/mol. The van der Waals surface area contributed by atoms with Crippen molar-refractivity contribution in [3.05, 3.63) is 54.6 Å². The molecule has 1 N–H and O–H groups in total. The van der Waals surface area contributed by atoms with Crippen LogP contribution in [0.1, 0.15) is 6.92 Å². The molecule has 0 spiro atoms. The Kier molecular flexibility index (Phi) is 5.25. The summed E-state index contributed by atoms with van der Waals surface area (Å²) < 4.78 is 0. The van der Waals surface area contributed by atoms with Gasteiger partial charge in [-0.25, -0.2) is 0 Å². The van der Waals surface area contributed by atoms with Crippen molar-refractivity contribution >= 4 is 34.7 Å². The topological polar surface area (TPSA) is 89.7 Å². The molecule has 0 saturated heterocycles. The molecular weight excluding hydrogens is 344 g/mol. The Morgan fingerprint density at radius 1 is 1.11 bits per heavy atom. The predicted molar refractivity (Wildman–Crippen MR) is 104 cm³/mol. The van der Waals surface area contributed by atoms with E-state index in [0.29, 0.717) is 11.4 Å². The summed E-state index contributed by atoms with van der Waals surface area (Å²) in [5.41, 5.74) is 2.23. The van der Waals surface area contributed by atoms with Gasteiger partial charge in [0.25, 0.3) is 5.91 Å². The van der Waals surface area contributed by atoms with Gasteiger partial charge in [-0.1, -0.05) is 18.2 Å². The molecule has 138 valence electrons. The van der Waals surface area contributed by atoms with Crippen molar-refractivity contribution in [2.24, 2.45) is 15.3 Å². The van der Waals surface area contributed by atoms with Crippen LogP contribution in [-0.4, -0.2) is 37.8 Å². The number of rotatable bonds is 4. The first kappa shape index (κ1) is 18.2. The minimum atomic E-state index is -0.998. The van der Waals surface area contributed by atoms with Crippen LogP contribution in [0.2, 0.25) is 0 Å². The third-order valence-electron chi connectivity index (χ3n) is 3.87. The van der Waals surface area contributed by atoms with E-state index in [1.807, 2.05) is 49.3 Å². The minimum Gasteiger partial charge on any atom is -0.378 e. The Morgan fingerprint density at radius 2 is 1.78 bits per heavy atom. The molecule has 8 heteroatoms. The first-order valence-electron chi connectivity index (χ1n) is 8.39. The molecule has 2 amide bonds. The molecule has 0 aliphatic carbocycles. The van der Waals surface area contributed by atoms with E-state index < -0.39 is 6.04 Å². The molecule has 2 aromatic carbocycles. The first-order valence-corrected chi connectivity index (χ1v) is 8.39. The Hall–Kier alpha value is -3.55. The Morgan fingerprint density at radius 3 is 2.37 bits per heavy atom. The number of hydrogen-bond donors (Lipinski definition) is 1. The second-order valence-corrected chi connectivity index (χ2v) is 6.18. The zero-order valence-corrected chi connectivity index (χ0v) is 15.3. The number of anilines is 2. The summed E-state index contributed by atoms with van der Waals surface area (Å²) in [4.78, 5) is 26.2. The lowest BCUT2D eigenvalue weighted by Crippen LogP contribution is -2.38. The van der Waals surface area contributed by atoms with E-state index in [0.717, 1.165) is 5.69 Å². The molecule has 1 aliphatic rings. The SMILES string of the molecule is CC(=O)NC1=NN(c2ccccc2)C(=O)[C@@H]1N=Nc1ccc(N(C)C)cc1.